The van der Waals surface area contributed by atoms with Crippen LogP contribution in [0.15, 0.2) is 66.9 Å². The van der Waals surface area contributed by atoms with E-state index in [0.29, 0.717) is 48.6 Å². The van der Waals surface area contributed by atoms with Gasteiger partial charge in [0, 0.05) is 23.7 Å². The molecule has 1 saturated heterocycles. The van der Waals surface area contributed by atoms with Crippen LogP contribution in [-0.2, 0) is 15.9 Å². The first-order valence-corrected chi connectivity index (χ1v) is 11.7. The summed E-state index contributed by atoms with van der Waals surface area (Å²) in [6.07, 6.45) is 1.95. The molecule has 0 unspecified atom stereocenters. The maximum absolute atomic E-state index is 13.6. The highest BCUT2D eigenvalue weighted by Gasteiger charge is 2.32. The van der Waals surface area contributed by atoms with Crippen molar-refractivity contribution in [3.05, 3.63) is 84.1 Å². The second-order valence-electron chi connectivity index (χ2n) is 9.40. The van der Waals surface area contributed by atoms with Crippen LogP contribution >= 0.6 is 0 Å². The van der Waals surface area contributed by atoms with Gasteiger partial charge in [0.2, 0.25) is 12.2 Å². The van der Waals surface area contributed by atoms with Crippen LogP contribution in [0.1, 0.15) is 31.5 Å². The summed E-state index contributed by atoms with van der Waals surface area (Å²) in [6.45, 7) is 6.00. The summed E-state index contributed by atoms with van der Waals surface area (Å²) in [6, 6.07) is 18.3. The Kier molecular flexibility index (Phi) is 6.57. The number of imidazole rings is 1. The van der Waals surface area contributed by atoms with Gasteiger partial charge in [0.15, 0.2) is 5.82 Å². The topological polar surface area (TPSA) is 85.0 Å². The highest BCUT2D eigenvalue weighted by Crippen LogP contribution is 2.35. The van der Waals surface area contributed by atoms with Crippen molar-refractivity contribution in [2.24, 2.45) is 5.41 Å². The molecule has 0 atom stereocenters. The van der Waals surface area contributed by atoms with Crippen LogP contribution in [0.4, 0.5) is 10.3 Å². The minimum atomic E-state index is -0.610. The number of rotatable bonds is 7. The van der Waals surface area contributed by atoms with Gasteiger partial charge in [0.25, 0.3) is 0 Å². The summed E-state index contributed by atoms with van der Waals surface area (Å²) in [5.41, 5.74) is 3.94. The molecule has 3 heterocycles. The van der Waals surface area contributed by atoms with Gasteiger partial charge >= 0.3 is 0 Å². The molecular formula is C27H28FN5O2. The molecule has 0 spiro atoms. The molecule has 0 aliphatic carbocycles. The molecule has 5 rings (SSSR count). The van der Waals surface area contributed by atoms with Crippen molar-refractivity contribution < 1.29 is 13.9 Å². The summed E-state index contributed by atoms with van der Waals surface area (Å²) in [5.74, 6) is 0.762. The smallest absolute Gasteiger partial charge is 0.223 e. The predicted octanol–water partition coefficient (Wildman–Crippen LogP) is 5.40. The van der Waals surface area contributed by atoms with E-state index in [4.69, 9.17) is 19.4 Å². The molecule has 2 aromatic carbocycles. The lowest BCUT2D eigenvalue weighted by atomic mass is 9.96. The summed E-state index contributed by atoms with van der Waals surface area (Å²) in [7, 11) is 0. The standard InChI is InChI=1S/C27H28FN5O2/c1-27(2)16-34-25(35-17-27)24-32-22(19-8-10-20(28)11-9-19)23(33-24)21-13-15-30-26(31-21)29-14-12-18-6-4-3-5-7-18/h3-11,13,15,25H,12,14,16-17H2,1-2H3,(H,32,33)(H,29,30,31). The van der Waals surface area contributed by atoms with Crippen molar-refractivity contribution in [3.63, 3.8) is 0 Å². The van der Waals surface area contributed by atoms with Crippen LogP contribution in [0, 0.1) is 11.2 Å². The molecule has 0 amide bonds. The lowest BCUT2D eigenvalue weighted by Gasteiger charge is -2.33. The Morgan fingerprint density at radius 2 is 1.74 bits per heavy atom. The Labute approximate surface area is 203 Å². The average molecular weight is 474 g/mol. The highest BCUT2D eigenvalue weighted by atomic mass is 19.1. The molecule has 1 fully saturated rings. The number of nitrogens with one attached hydrogen (secondary N) is 2. The van der Waals surface area contributed by atoms with Crippen LogP contribution in [0.25, 0.3) is 22.6 Å². The van der Waals surface area contributed by atoms with Gasteiger partial charge in [-0.2, -0.15) is 0 Å². The molecule has 1 aliphatic rings. The van der Waals surface area contributed by atoms with Crippen molar-refractivity contribution in [2.45, 2.75) is 26.6 Å². The van der Waals surface area contributed by atoms with Crippen molar-refractivity contribution >= 4 is 5.95 Å². The van der Waals surface area contributed by atoms with Gasteiger partial charge < -0.3 is 19.8 Å². The number of aromatic amines is 1. The molecule has 35 heavy (non-hydrogen) atoms. The van der Waals surface area contributed by atoms with Gasteiger partial charge in [-0.3, -0.25) is 0 Å². The number of halogens is 1. The highest BCUT2D eigenvalue weighted by molar-refractivity contribution is 5.77. The SMILES string of the molecule is CC1(C)COC(c2nc(-c3ccc(F)cc3)c(-c3ccnc(NCCc4ccccc4)n3)[nH]2)OC1. The third kappa shape index (κ3) is 5.55. The zero-order chi connectivity index (χ0) is 24.3. The molecule has 0 radical (unpaired) electrons. The zero-order valence-electron chi connectivity index (χ0n) is 19.8. The quantitative estimate of drug-likeness (QED) is 0.374. The second-order valence-corrected chi connectivity index (χ2v) is 9.40. The van der Waals surface area contributed by atoms with E-state index in [0.717, 1.165) is 12.0 Å². The van der Waals surface area contributed by atoms with Crippen LogP contribution in [0.5, 0.6) is 0 Å². The van der Waals surface area contributed by atoms with Crippen LogP contribution in [-0.4, -0.2) is 39.7 Å². The van der Waals surface area contributed by atoms with Crippen LogP contribution < -0.4 is 5.32 Å². The van der Waals surface area contributed by atoms with Gasteiger partial charge in [-0.15, -0.1) is 0 Å². The summed E-state index contributed by atoms with van der Waals surface area (Å²) >= 11 is 0. The maximum Gasteiger partial charge on any atom is 0.223 e. The van der Waals surface area contributed by atoms with E-state index in [1.165, 1.54) is 17.7 Å². The molecule has 8 heteroatoms. The summed E-state index contributed by atoms with van der Waals surface area (Å²) in [5, 5.41) is 3.29. The lowest BCUT2D eigenvalue weighted by molar-refractivity contribution is -0.229. The van der Waals surface area contributed by atoms with E-state index < -0.39 is 6.29 Å². The molecular weight excluding hydrogens is 445 g/mol. The largest absolute Gasteiger partial charge is 0.354 e. The lowest BCUT2D eigenvalue weighted by Crippen LogP contribution is -2.34. The zero-order valence-corrected chi connectivity index (χ0v) is 19.8. The Morgan fingerprint density at radius 1 is 1.00 bits per heavy atom. The second kappa shape index (κ2) is 9.93. The van der Waals surface area contributed by atoms with Crippen LogP contribution in [0.3, 0.4) is 0 Å². The number of ether oxygens (including phenoxy) is 2. The predicted molar refractivity (Wildman–Crippen MR) is 132 cm³/mol. The van der Waals surface area contributed by atoms with E-state index >= 15 is 0 Å². The Balaban J connectivity index is 1.42. The molecule has 0 saturated carbocycles. The van der Waals surface area contributed by atoms with Crippen LogP contribution in [0.2, 0.25) is 0 Å². The van der Waals surface area contributed by atoms with Crippen molar-refractivity contribution in [3.8, 4) is 22.6 Å². The van der Waals surface area contributed by atoms with Gasteiger partial charge in [-0.05, 0) is 42.3 Å². The first-order chi connectivity index (χ1) is 17.0. The first kappa shape index (κ1) is 23.1. The van der Waals surface area contributed by atoms with Gasteiger partial charge in [0.1, 0.15) is 5.82 Å². The minimum absolute atomic E-state index is 0.0569. The van der Waals surface area contributed by atoms with Crippen molar-refractivity contribution in [1.29, 1.82) is 0 Å². The number of benzene rings is 2. The maximum atomic E-state index is 13.6. The Bertz CT molecular complexity index is 1260. The van der Waals surface area contributed by atoms with Gasteiger partial charge in [-0.1, -0.05) is 44.2 Å². The third-order valence-corrected chi connectivity index (χ3v) is 5.77. The fraction of sp³-hybridized carbons (Fsp3) is 0.296. The van der Waals surface area contributed by atoms with Gasteiger partial charge in [0.05, 0.1) is 30.3 Å². The van der Waals surface area contributed by atoms with E-state index in [1.54, 1.807) is 18.3 Å². The van der Waals surface area contributed by atoms with Crippen molar-refractivity contribution in [1.82, 2.24) is 19.9 Å². The average Bonchev–Trinajstić information content (AvgIpc) is 3.31. The third-order valence-electron chi connectivity index (χ3n) is 5.77. The minimum Gasteiger partial charge on any atom is -0.354 e. The van der Waals surface area contributed by atoms with Gasteiger partial charge in [-0.25, -0.2) is 19.3 Å². The Hall–Kier alpha value is -3.62. The van der Waals surface area contributed by atoms with Crippen molar-refractivity contribution in [2.75, 3.05) is 25.1 Å². The molecule has 2 aromatic heterocycles. The molecule has 4 aromatic rings. The fourth-order valence-corrected chi connectivity index (χ4v) is 3.90. The van der Waals surface area contributed by atoms with E-state index in [-0.39, 0.29) is 11.2 Å². The number of H-pyrrole nitrogens is 1. The summed E-state index contributed by atoms with van der Waals surface area (Å²) in [4.78, 5) is 17.2. The number of anilines is 1. The molecule has 0 bridgehead atoms. The molecule has 1 aliphatic heterocycles. The van der Waals surface area contributed by atoms with E-state index in [2.05, 4.69) is 41.3 Å². The van der Waals surface area contributed by atoms with E-state index in [9.17, 15) is 4.39 Å². The number of hydrogen-bond donors (Lipinski definition) is 2. The monoisotopic (exact) mass is 473 g/mol. The number of hydrogen-bond acceptors (Lipinski definition) is 6. The first-order valence-electron chi connectivity index (χ1n) is 11.7. The number of aromatic nitrogens is 4. The number of nitrogens with zero attached hydrogens (tertiary/aromatic N) is 3. The summed E-state index contributed by atoms with van der Waals surface area (Å²) < 4.78 is 25.5. The fourth-order valence-electron chi connectivity index (χ4n) is 3.90. The normalized spacial score (nSPS) is 15.7. The Morgan fingerprint density at radius 3 is 2.49 bits per heavy atom. The molecule has 2 N–H and O–H groups in total. The molecule has 7 nitrogen and oxygen atoms in total. The molecule has 180 valence electrons. The van der Waals surface area contributed by atoms with E-state index in [1.807, 2.05) is 24.3 Å².